The van der Waals surface area contributed by atoms with Crippen LogP contribution in [0.25, 0.3) is 0 Å². The van der Waals surface area contributed by atoms with Crippen molar-refractivity contribution in [3.05, 3.63) is 40.0 Å². The first-order valence-corrected chi connectivity index (χ1v) is 8.17. The number of carbonyl (C=O) groups is 4. The monoisotopic (exact) mass is 397 g/mol. The minimum atomic E-state index is -1.67. The molecule has 1 saturated heterocycles. The molecule has 0 aromatic heterocycles. The van der Waals surface area contributed by atoms with E-state index in [1.807, 2.05) is 0 Å². The molecule has 1 aromatic rings. The van der Waals surface area contributed by atoms with E-state index in [1.54, 1.807) is 0 Å². The van der Waals surface area contributed by atoms with Gasteiger partial charge in [0.2, 0.25) is 11.8 Å². The fraction of sp³-hybridized carbons (Fsp3) is 0.250. The molecule has 3 rings (SSSR count). The third-order valence-corrected chi connectivity index (χ3v) is 4.52. The summed E-state index contributed by atoms with van der Waals surface area (Å²) in [6.07, 6.45) is 0.885. The lowest BCUT2D eigenvalue weighted by Gasteiger charge is -2.30. The van der Waals surface area contributed by atoms with Gasteiger partial charge in [-0.2, -0.15) is 0 Å². The highest BCUT2D eigenvalue weighted by Crippen LogP contribution is 2.39. The fourth-order valence-corrected chi connectivity index (χ4v) is 3.55. The predicted molar refractivity (Wildman–Crippen MR) is 92.1 cm³/mol. The van der Waals surface area contributed by atoms with Gasteiger partial charge in [-0.15, -0.1) is 0 Å². The van der Waals surface area contributed by atoms with Crippen LogP contribution < -0.4 is 10.3 Å². The summed E-state index contributed by atoms with van der Waals surface area (Å²) in [5.41, 5.74) is 0.949. The van der Waals surface area contributed by atoms with E-state index in [1.165, 1.54) is 31.2 Å². The van der Waals surface area contributed by atoms with Crippen molar-refractivity contribution >= 4 is 52.6 Å². The Morgan fingerprint density at radius 3 is 2.35 bits per heavy atom. The summed E-state index contributed by atoms with van der Waals surface area (Å²) in [5.74, 6) is -2.59. The van der Waals surface area contributed by atoms with Crippen LogP contribution in [0.2, 0.25) is 10.0 Å². The normalized spacial score (nSPS) is 21.9. The number of benzene rings is 1. The van der Waals surface area contributed by atoms with E-state index in [0.29, 0.717) is 0 Å². The molecule has 0 radical (unpaired) electrons. The van der Waals surface area contributed by atoms with Gasteiger partial charge in [0, 0.05) is 17.0 Å². The van der Waals surface area contributed by atoms with Crippen LogP contribution in [0.3, 0.4) is 0 Å². The number of ether oxygens (including phenoxy) is 1. The highest BCUT2D eigenvalue weighted by Gasteiger charge is 2.59. The van der Waals surface area contributed by atoms with Crippen LogP contribution in [0.4, 0.5) is 5.69 Å². The molecule has 0 saturated carbocycles. The number of hydrogen-bond donors (Lipinski definition) is 1. The first-order valence-electron chi connectivity index (χ1n) is 7.41. The number of nitrogens with zero attached hydrogens (tertiary/aromatic N) is 2. The van der Waals surface area contributed by atoms with E-state index in [-0.39, 0.29) is 27.9 Å². The van der Waals surface area contributed by atoms with Gasteiger partial charge in [-0.1, -0.05) is 23.2 Å². The van der Waals surface area contributed by atoms with E-state index >= 15 is 0 Å². The maximum Gasteiger partial charge on any atom is 0.355 e. The van der Waals surface area contributed by atoms with Gasteiger partial charge < -0.3 is 4.74 Å². The van der Waals surface area contributed by atoms with Crippen molar-refractivity contribution in [3.8, 4) is 0 Å². The lowest BCUT2D eigenvalue weighted by atomic mass is 9.96. The molecule has 0 unspecified atom stereocenters. The van der Waals surface area contributed by atoms with E-state index in [2.05, 4.69) is 10.2 Å². The summed E-state index contributed by atoms with van der Waals surface area (Å²) in [6, 6.07) is 4.28. The standard InChI is InChI=1S/C16H13Cl2N3O5/c1-8(22)21-16(6-12(19-21)14(24)26-2)7-13(23)20(15(16)25)11-4-9(17)3-10(18)5-11/h3-6,19H,7H2,1-2H3/t16-/m1/s1. The van der Waals surface area contributed by atoms with Crippen LogP contribution >= 0.6 is 23.2 Å². The topological polar surface area (TPSA) is 96.0 Å². The van der Waals surface area contributed by atoms with Crippen LogP contribution in [0.1, 0.15) is 13.3 Å². The van der Waals surface area contributed by atoms with Crippen molar-refractivity contribution < 1.29 is 23.9 Å². The van der Waals surface area contributed by atoms with Gasteiger partial charge in [-0.25, -0.2) is 14.7 Å². The molecular formula is C16H13Cl2N3O5. The molecule has 1 aromatic carbocycles. The van der Waals surface area contributed by atoms with Crippen molar-refractivity contribution in [2.45, 2.75) is 18.9 Å². The van der Waals surface area contributed by atoms with Crippen molar-refractivity contribution in [2.75, 3.05) is 12.0 Å². The Morgan fingerprint density at radius 1 is 1.19 bits per heavy atom. The van der Waals surface area contributed by atoms with Crippen molar-refractivity contribution in [1.29, 1.82) is 0 Å². The third kappa shape index (κ3) is 2.71. The summed E-state index contributed by atoms with van der Waals surface area (Å²) in [5, 5.41) is 1.44. The molecule has 3 amide bonds. The van der Waals surface area contributed by atoms with Crippen molar-refractivity contribution in [3.63, 3.8) is 0 Å². The summed E-state index contributed by atoms with van der Waals surface area (Å²) in [6.45, 7) is 1.21. The average Bonchev–Trinajstić information content (AvgIpc) is 3.04. The van der Waals surface area contributed by atoms with E-state index in [9.17, 15) is 19.2 Å². The number of halogens is 2. The Bertz CT molecular complexity index is 864. The summed E-state index contributed by atoms with van der Waals surface area (Å²) < 4.78 is 4.62. The number of hydrogen-bond acceptors (Lipinski definition) is 6. The first-order chi connectivity index (χ1) is 12.2. The maximum absolute atomic E-state index is 13.1. The van der Waals surface area contributed by atoms with Gasteiger partial charge in [0.15, 0.2) is 5.54 Å². The summed E-state index contributed by atoms with van der Waals surface area (Å²) >= 11 is 11.9. The summed E-state index contributed by atoms with van der Waals surface area (Å²) in [4.78, 5) is 50.4. The van der Waals surface area contributed by atoms with E-state index in [4.69, 9.17) is 23.2 Å². The van der Waals surface area contributed by atoms with Gasteiger partial charge in [0.05, 0.1) is 19.2 Å². The molecule has 8 nitrogen and oxygen atoms in total. The van der Waals surface area contributed by atoms with Crippen LogP contribution in [-0.2, 0) is 23.9 Å². The molecule has 10 heteroatoms. The first kappa shape index (κ1) is 18.2. The summed E-state index contributed by atoms with van der Waals surface area (Å²) in [7, 11) is 1.16. The zero-order valence-corrected chi connectivity index (χ0v) is 15.2. The molecule has 1 spiro atoms. The molecule has 0 bridgehead atoms. The Hall–Kier alpha value is -2.58. The number of methoxy groups -OCH3 is 1. The number of nitrogens with one attached hydrogen (secondary N) is 1. The Kier molecular flexibility index (Phi) is 4.41. The smallest absolute Gasteiger partial charge is 0.355 e. The fourth-order valence-electron chi connectivity index (χ4n) is 3.04. The number of imide groups is 1. The number of anilines is 1. The Labute approximate surface area is 158 Å². The quantitative estimate of drug-likeness (QED) is 0.598. The van der Waals surface area contributed by atoms with E-state index in [0.717, 1.165) is 17.0 Å². The molecule has 2 aliphatic heterocycles. The van der Waals surface area contributed by atoms with Crippen molar-refractivity contribution in [1.82, 2.24) is 10.4 Å². The van der Waals surface area contributed by atoms with Crippen LogP contribution in [0.5, 0.6) is 0 Å². The van der Waals surface area contributed by atoms with Crippen molar-refractivity contribution in [2.24, 2.45) is 0 Å². The molecule has 1 N–H and O–H groups in total. The average molecular weight is 398 g/mol. The molecule has 1 fully saturated rings. The molecule has 26 heavy (non-hydrogen) atoms. The second-order valence-corrected chi connectivity index (χ2v) is 6.65. The molecule has 2 aliphatic rings. The van der Waals surface area contributed by atoms with Gasteiger partial charge in [-0.3, -0.25) is 19.8 Å². The molecular weight excluding hydrogens is 385 g/mol. The maximum atomic E-state index is 13.1. The van der Waals surface area contributed by atoms with Crippen LogP contribution in [0.15, 0.2) is 30.0 Å². The number of esters is 1. The second kappa shape index (κ2) is 6.30. The predicted octanol–water partition coefficient (Wildman–Crippen LogP) is 1.42. The number of hydrazine groups is 1. The van der Waals surface area contributed by atoms with Gasteiger partial charge in [0.25, 0.3) is 5.91 Å². The second-order valence-electron chi connectivity index (χ2n) is 5.78. The highest BCUT2D eigenvalue weighted by atomic mass is 35.5. The molecule has 1 atom stereocenters. The molecule has 136 valence electrons. The van der Waals surface area contributed by atoms with Crippen LogP contribution in [0, 0.1) is 0 Å². The highest BCUT2D eigenvalue weighted by molar-refractivity contribution is 6.36. The zero-order valence-electron chi connectivity index (χ0n) is 13.7. The van der Waals surface area contributed by atoms with Gasteiger partial charge in [-0.05, 0) is 24.3 Å². The SMILES string of the molecule is COC(=O)C1=C[C@]2(CC(=O)N(c3cc(Cl)cc(Cl)c3)C2=O)N(C(C)=O)N1. The minimum Gasteiger partial charge on any atom is -0.464 e. The lowest BCUT2D eigenvalue weighted by molar-refractivity contribution is -0.143. The third-order valence-electron chi connectivity index (χ3n) is 4.08. The van der Waals surface area contributed by atoms with Crippen LogP contribution in [-0.4, -0.2) is 41.3 Å². The number of rotatable bonds is 2. The minimum absolute atomic E-state index is 0.102. The Morgan fingerprint density at radius 2 is 1.81 bits per heavy atom. The number of carbonyl (C=O) groups excluding carboxylic acids is 4. The lowest BCUT2D eigenvalue weighted by Crippen LogP contribution is -2.56. The van der Waals surface area contributed by atoms with Gasteiger partial charge in [0.1, 0.15) is 5.70 Å². The van der Waals surface area contributed by atoms with E-state index < -0.39 is 29.2 Å². The molecule has 0 aliphatic carbocycles. The Balaban J connectivity index is 2.09. The largest absolute Gasteiger partial charge is 0.464 e. The number of amides is 3. The zero-order chi connectivity index (χ0) is 19.2. The van der Waals surface area contributed by atoms with Gasteiger partial charge >= 0.3 is 5.97 Å². The molecule has 2 heterocycles.